The van der Waals surface area contributed by atoms with Crippen LogP contribution in [0.15, 0.2) is 42.5 Å². The van der Waals surface area contributed by atoms with E-state index in [0.29, 0.717) is 17.0 Å². The van der Waals surface area contributed by atoms with Crippen LogP contribution in [0.4, 0.5) is 5.69 Å². The number of fused-ring (bicyclic) bond motifs is 2. The molecule has 1 aliphatic heterocycles. The van der Waals surface area contributed by atoms with Gasteiger partial charge in [0.2, 0.25) is 0 Å². The molecule has 2 aromatic carbocycles. The van der Waals surface area contributed by atoms with Crippen molar-refractivity contribution in [2.24, 2.45) is 0 Å². The summed E-state index contributed by atoms with van der Waals surface area (Å²) in [5.41, 5.74) is 3.61. The van der Waals surface area contributed by atoms with Crippen LogP contribution in [0.25, 0.3) is 0 Å². The zero-order valence-corrected chi connectivity index (χ0v) is 15.4. The standard InChI is InChI=1S/C22H21NO5/c24-18(16-10-9-14-5-1-2-6-15(14)11-16)13-27-21(25)12-20-22(26)23-17-7-3-4-8-19(17)28-20/h3-4,7-11,20H,1-2,5-6,12-13H2,(H,23,26). The van der Waals surface area contributed by atoms with E-state index in [4.69, 9.17) is 9.47 Å². The van der Waals surface area contributed by atoms with Gasteiger partial charge in [0.25, 0.3) is 5.91 Å². The number of ketones is 1. The molecule has 1 amide bonds. The van der Waals surface area contributed by atoms with Crippen molar-refractivity contribution in [1.82, 2.24) is 0 Å². The first-order valence-corrected chi connectivity index (χ1v) is 9.47. The van der Waals surface area contributed by atoms with Crippen molar-refractivity contribution >= 4 is 23.3 Å². The fourth-order valence-corrected chi connectivity index (χ4v) is 3.57. The van der Waals surface area contributed by atoms with Crippen LogP contribution in [-0.2, 0) is 27.2 Å². The number of carbonyl (C=O) groups excluding carboxylic acids is 3. The minimum absolute atomic E-state index is 0.249. The molecule has 4 rings (SSSR count). The van der Waals surface area contributed by atoms with E-state index in [1.807, 2.05) is 12.1 Å². The van der Waals surface area contributed by atoms with Crippen molar-refractivity contribution in [3.8, 4) is 5.75 Å². The van der Waals surface area contributed by atoms with Gasteiger partial charge in [-0.25, -0.2) is 0 Å². The number of Topliss-reactive ketones (excluding diaryl/α,β-unsaturated/α-hetero) is 1. The third kappa shape index (κ3) is 3.91. The molecule has 0 saturated heterocycles. The highest BCUT2D eigenvalue weighted by atomic mass is 16.5. The Morgan fingerprint density at radius 2 is 1.86 bits per heavy atom. The molecular formula is C22H21NO5. The first-order valence-electron chi connectivity index (χ1n) is 9.47. The second-order valence-electron chi connectivity index (χ2n) is 7.07. The van der Waals surface area contributed by atoms with Crippen molar-refractivity contribution in [2.75, 3.05) is 11.9 Å². The normalized spacial score (nSPS) is 17.6. The van der Waals surface area contributed by atoms with Crippen LogP contribution >= 0.6 is 0 Å². The molecule has 1 aliphatic carbocycles. The number of aryl methyl sites for hydroxylation is 2. The van der Waals surface area contributed by atoms with Crippen molar-refractivity contribution in [1.29, 1.82) is 0 Å². The lowest BCUT2D eigenvalue weighted by molar-refractivity contribution is -0.146. The first-order chi connectivity index (χ1) is 13.6. The average molecular weight is 379 g/mol. The lowest BCUT2D eigenvalue weighted by atomic mass is 9.90. The molecule has 0 saturated carbocycles. The molecule has 1 heterocycles. The lowest BCUT2D eigenvalue weighted by Crippen LogP contribution is -2.39. The highest BCUT2D eigenvalue weighted by Gasteiger charge is 2.30. The third-order valence-electron chi connectivity index (χ3n) is 5.09. The highest BCUT2D eigenvalue weighted by molar-refractivity contribution is 6.00. The van der Waals surface area contributed by atoms with Gasteiger partial charge in [0, 0.05) is 5.56 Å². The Balaban J connectivity index is 1.32. The molecule has 1 N–H and O–H groups in total. The summed E-state index contributed by atoms with van der Waals surface area (Å²) in [5.74, 6) is -0.798. The molecule has 0 bridgehead atoms. The number of amides is 1. The predicted molar refractivity (Wildman–Crippen MR) is 102 cm³/mol. The van der Waals surface area contributed by atoms with Gasteiger partial charge in [0.15, 0.2) is 18.5 Å². The minimum Gasteiger partial charge on any atom is -0.478 e. The number of rotatable bonds is 5. The number of benzene rings is 2. The Labute approximate surface area is 162 Å². The van der Waals surface area contributed by atoms with Crippen molar-refractivity contribution in [3.63, 3.8) is 0 Å². The molecule has 0 aromatic heterocycles. The number of nitrogens with one attached hydrogen (secondary N) is 1. The van der Waals surface area contributed by atoms with Crippen LogP contribution in [0.2, 0.25) is 0 Å². The maximum atomic E-state index is 12.4. The summed E-state index contributed by atoms with van der Waals surface area (Å²) in [4.78, 5) is 36.5. The summed E-state index contributed by atoms with van der Waals surface area (Å²) in [6.07, 6.45) is 3.11. The summed E-state index contributed by atoms with van der Waals surface area (Å²) in [6, 6.07) is 12.7. The number of ether oxygens (including phenoxy) is 2. The Kier molecular flexibility index (Phi) is 5.10. The number of hydrogen-bond donors (Lipinski definition) is 1. The van der Waals surface area contributed by atoms with E-state index in [9.17, 15) is 14.4 Å². The zero-order valence-electron chi connectivity index (χ0n) is 15.4. The van der Waals surface area contributed by atoms with Crippen molar-refractivity contribution in [2.45, 2.75) is 38.2 Å². The van der Waals surface area contributed by atoms with E-state index in [1.54, 1.807) is 30.3 Å². The first kappa shape index (κ1) is 18.2. The van der Waals surface area contributed by atoms with Gasteiger partial charge in [0.1, 0.15) is 5.75 Å². The molecule has 2 aliphatic rings. The highest BCUT2D eigenvalue weighted by Crippen LogP contribution is 2.29. The number of hydrogen-bond acceptors (Lipinski definition) is 5. The van der Waals surface area contributed by atoms with E-state index in [2.05, 4.69) is 5.32 Å². The maximum absolute atomic E-state index is 12.4. The Morgan fingerprint density at radius 1 is 1.07 bits per heavy atom. The molecule has 0 fully saturated rings. The van der Waals surface area contributed by atoms with Gasteiger partial charge in [-0.05, 0) is 55.0 Å². The largest absolute Gasteiger partial charge is 0.478 e. The van der Waals surface area contributed by atoms with Crippen LogP contribution in [0, 0.1) is 0 Å². The second kappa shape index (κ2) is 7.84. The van der Waals surface area contributed by atoms with E-state index in [1.165, 1.54) is 17.5 Å². The van der Waals surface area contributed by atoms with Crippen LogP contribution in [0.5, 0.6) is 5.75 Å². The average Bonchev–Trinajstić information content (AvgIpc) is 2.72. The summed E-state index contributed by atoms with van der Waals surface area (Å²) < 4.78 is 10.7. The predicted octanol–water partition coefficient (Wildman–Crippen LogP) is 3.08. The fraction of sp³-hybridized carbons (Fsp3) is 0.318. The molecule has 0 spiro atoms. The minimum atomic E-state index is -0.971. The second-order valence-corrected chi connectivity index (χ2v) is 7.07. The lowest BCUT2D eigenvalue weighted by Gasteiger charge is -2.25. The third-order valence-corrected chi connectivity index (χ3v) is 5.09. The van der Waals surface area contributed by atoms with Gasteiger partial charge in [-0.1, -0.05) is 24.3 Å². The van der Waals surface area contributed by atoms with Crippen molar-refractivity contribution < 1.29 is 23.9 Å². The van der Waals surface area contributed by atoms with Crippen LogP contribution in [0.3, 0.4) is 0 Å². The molecular weight excluding hydrogens is 358 g/mol. The van der Waals surface area contributed by atoms with Crippen LogP contribution in [0.1, 0.15) is 40.7 Å². The number of para-hydroxylation sites is 2. The monoisotopic (exact) mass is 379 g/mol. The number of anilines is 1. The Bertz CT molecular complexity index is 936. The molecule has 0 radical (unpaired) electrons. The molecule has 28 heavy (non-hydrogen) atoms. The SMILES string of the molecule is O=C(CC1Oc2ccccc2NC1=O)OCC(=O)c1ccc2c(c1)CCCC2. The number of esters is 1. The molecule has 6 heteroatoms. The fourth-order valence-electron chi connectivity index (χ4n) is 3.57. The van der Waals surface area contributed by atoms with Gasteiger partial charge < -0.3 is 14.8 Å². The van der Waals surface area contributed by atoms with Gasteiger partial charge in [-0.2, -0.15) is 0 Å². The summed E-state index contributed by atoms with van der Waals surface area (Å²) in [7, 11) is 0. The van der Waals surface area contributed by atoms with Gasteiger partial charge in [0.05, 0.1) is 12.1 Å². The van der Waals surface area contributed by atoms with Crippen molar-refractivity contribution in [3.05, 3.63) is 59.2 Å². The number of carbonyl (C=O) groups is 3. The maximum Gasteiger partial charge on any atom is 0.310 e. The summed E-state index contributed by atoms with van der Waals surface area (Å²) in [5, 5.41) is 2.70. The van der Waals surface area contributed by atoms with Crippen LogP contribution in [-0.4, -0.2) is 30.4 Å². The molecule has 6 nitrogen and oxygen atoms in total. The molecule has 144 valence electrons. The molecule has 1 atom stereocenters. The quantitative estimate of drug-likeness (QED) is 0.638. The van der Waals surface area contributed by atoms with Gasteiger partial charge in [-0.3, -0.25) is 14.4 Å². The van der Waals surface area contributed by atoms with E-state index >= 15 is 0 Å². The Hall–Kier alpha value is -3.15. The Morgan fingerprint density at radius 3 is 2.71 bits per heavy atom. The molecule has 2 aromatic rings. The van der Waals surface area contributed by atoms with Crippen LogP contribution < -0.4 is 10.1 Å². The topological polar surface area (TPSA) is 81.7 Å². The summed E-state index contributed by atoms with van der Waals surface area (Å²) in [6.45, 7) is -0.345. The smallest absolute Gasteiger partial charge is 0.310 e. The van der Waals surface area contributed by atoms with Gasteiger partial charge in [-0.15, -0.1) is 0 Å². The van der Waals surface area contributed by atoms with E-state index < -0.39 is 18.0 Å². The summed E-state index contributed by atoms with van der Waals surface area (Å²) >= 11 is 0. The van der Waals surface area contributed by atoms with E-state index in [0.717, 1.165) is 19.3 Å². The zero-order chi connectivity index (χ0) is 19.5. The van der Waals surface area contributed by atoms with Gasteiger partial charge >= 0.3 is 5.97 Å². The van der Waals surface area contributed by atoms with E-state index in [-0.39, 0.29) is 18.8 Å². The molecule has 1 unspecified atom stereocenters.